The summed E-state index contributed by atoms with van der Waals surface area (Å²) in [6, 6.07) is 3.54. The van der Waals surface area contributed by atoms with Crippen LogP contribution in [0.25, 0.3) is 6.08 Å². The smallest absolute Gasteiger partial charge is 0.328 e. The number of carbonyl (C=O) groups is 1. The largest absolute Gasteiger partial charge is 0.478 e. The number of rotatable bonds is 5. The quantitative estimate of drug-likeness (QED) is 0.851. The van der Waals surface area contributed by atoms with Gasteiger partial charge in [-0.2, -0.15) is 0 Å². The van der Waals surface area contributed by atoms with Crippen LogP contribution in [0.3, 0.4) is 0 Å². The van der Waals surface area contributed by atoms with E-state index in [1.54, 1.807) is 6.92 Å². The van der Waals surface area contributed by atoms with Crippen LogP contribution in [0.4, 0.5) is 0 Å². The predicted molar refractivity (Wildman–Crippen MR) is 79.9 cm³/mol. The Morgan fingerprint density at radius 2 is 2.29 bits per heavy atom. The fourth-order valence-corrected chi connectivity index (χ4v) is 2.63. The van der Waals surface area contributed by atoms with Crippen LogP contribution >= 0.6 is 11.3 Å². The van der Waals surface area contributed by atoms with E-state index >= 15 is 0 Å². The van der Waals surface area contributed by atoms with Crippen molar-refractivity contribution in [2.45, 2.75) is 13.5 Å². The highest BCUT2D eigenvalue weighted by Crippen LogP contribution is 2.18. The summed E-state index contributed by atoms with van der Waals surface area (Å²) in [6.07, 6.45) is 2.59. The SMILES string of the molecule is COc1nc(C)cc(=O)n1Cc1cc(C=CC(=O)O)cs1. The summed E-state index contributed by atoms with van der Waals surface area (Å²) in [5, 5.41) is 10.4. The van der Waals surface area contributed by atoms with Crippen LogP contribution in [0.2, 0.25) is 0 Å². The van der Waals surface area contributed by atoms with E-state index in [1.807, 2.05) is 11.4 Å². The van der Waals surface area contributed by atoms with Crippen molar-refractivity contribution in [3.8, 4) is 6.01 Å². The number of hydrogen-bond donors (Lipinski definition) is 1. The van der Waals surface area contributed by atoms with E-state index in [9.17, 15) is 9.59 Å². The second-order valence-electron chi connectivity index (χ2n) is 4.33. The van der Waals surface area contributed by atoms with Gasteiger partial charge in [0, 0.05) is 22.7 Å². The van der Waals surface area contributed by atoms with Gasteiger partial charge in [0.1, 0.15) is 0 Å². The van der Waals surface area contributed by atoms with Crippen molar-refractivity contribution in [1.82, 2.24) is 9.55 Å². The highest BCUT2D eigenvalue weighted by atomic mass is 32.1. The zero-order chi connectivity index (χ0) is 15.4. The van der Waals surface area contributed by atoms with Gasteiger partial charge in [-0.05, 0) is 30.0 Å². The summed E-state index contributed by atoms with van der Waals surface area (Å²) in [6.45, 7) is 2.06. The lowest BCUT2D eigenvalue weighted by molar-refractivity contribution is -0.131. The predicted octanol–water partition coefficient (Wildman–Crippen LogP) is 1.77. The molecule has 0 aliphatic rings. The zero-order valence-electron chi connectivity index (χ0n) is 11.6. The fraction of sp³-hybridized carbons (Fsp3) is 0.214. The third-order valence-corrected chi connectivity index (χ3v) is 3.63. The van der Waals surface area contributed by atoms with Gasteiger partial charge in [-0.15, -0.1) is 11.3 Å². The minimum Gasteiger partial charge on any atom is -0.478 e. The molecule has 2 rings (SSSR count). The molecule has 0 saturated heterocycles. The number of hydrogen-bond acceptors (Lipinski definition) is 5. The van der Waals surface area contributed by atoms with E-state index in [0.717, 1.165) is 16.5 Å². The number of ether oxygens (including phenoxy) is 1. The van der Waals surface area contributed by atoms with Crippen molar-refractivity contribution in [1.29, 1.82) is 0 Å². The third kappa shape index (κ3) is 3.79. The summed E-state index contributed by atoms with van der Waals surface area (Å²) in [5.74, 6) is -0.997. The summed E-state index contributed by atoms with van der Waals surface area (Å²) >= 11 is 1.44. The van der Waals surface area contributed by atoms with Crippen LogP contribution in [0.15, 0.2) is 28.4 Å². The van der Waals surface area contributed by atoms with E-state index in [-0.39, 0.29) is 11.6 Å². The van der Waals surface area contributed by atoms with Gasteiger partial charge in [0.05, 0.1) is 13.7 Å². The number of carboxylic acids is 1. The molecule has 0 atom stereocenters. The minimum absolute atomic E-state index is 0.185. The lowest BCUT2D eigenvalue weighted by atomic mass is 10.3. The van der Waals surface area contributed by atoms with Gasteiger partial charge in [-0.3, -0.25) is 9.36 Å². The van der Waals surface area contributed by atoms with Crippen LogP contribution in [0.5, 0.6) is 6.01 Å². The maximum atomic E-state index is 12.0. The Labute approximate surface area is 125 Å². The van der Waals surface area contributed by atoms with Gasteiger partial charge in [0.15, 0.2) is 0 Å². The maximum Gasteiger partial charge on any atom is 0.328 e. The second kappa shape index (κ2) is 6.36. The number of aromatic nitrogens is 2. The molecular formula is C14H14N2O4S. The number of aliphatic carboxylic acids is 1. The van der Waals surface area contributed by atoms with E-state index in [1.165, 1.54) is 35.2 Å². The monoisotopic (exact) mass is 306 g/mol. The van der Waals surface area contributed by atoms with Crippen molar-refractivity contribution >= 4 is 23.4 Å². The lowest BCUT2D eigenvalue weighted by Gasteiger charge is -2.09. The van der Waals surface area contributed by atoms with Crippen molar-refractivity contribution in [2.75, 3.05) is 7.11 Å². The van der Waals surface area contributed by atoms with E-state index in [0.29, 0.717) is 12.2 Å². The molecule has 0 aromatic carbocycles. The summed E-state index contributed by atoms with van der Waals surface area (Å²) < 4.78 is 6.56. The molecule has 2 aromatic heterocycles. The van der Waals surface area contributed by atoms with E-state index < -0.39 is 5.97 Å². The van der Waals surface area contributed by atoms with Gasteiger partial charge < -0.3 is 9.84 Å². The van der Waals surface area contributed by atoms with Crippen LogP contribution < -0.4 is 10.3 Å². The molecule has 0 saturated carbocycles. The van der Waals surface area contributed by atoms with Crippen LogP contribution in [0, 0.1) is 6.92 Å². The van der Waals surface area contributed by atoms with Crippen molar-refractivity contribution in [3.63, 3.8) is 0 Å². The molecule has 21 heavy (non-hydrogen) atoms. The molecule has 0 spiro atoms. The lowest BCUT2D eigenvalue weighted by Crippen LogP contribution is -2.22. The molecule has 7 heteroatoms. The average molecular weight is 306 g/mol. The molecule has 0 aliphatic carbocycles. The molecule has 0 bridgehead atoms. The fourth-order valence-electron chi connectivity index (χ4n) is 1.79. The third-order valence-electron chi connectivity index (χ3n) is 2.69. The molecule has 0 fully saturated rings. The second-order valence-corrected chi connectivity index (χ2v) is 5.32. The number of carboxylic acid groups (broad SMARTS) is 1. The maximum absolute atomic E-state index is 12.0. The number of methoxy groups -OCH3 is 1. The first-order valence-electron chi connectivity index (χ1n) is 6.10. The van der Waals surface area contributed by atoms with Gasteiger partial charge in [0.25, 0.3) is 11.6 Å². The highest BCUT2D eigenvalue weighted by Gasteiger charge is 2.09. The molecule has 6 nitrogen and oxygen atoms in total. The molecule has 2 heterocycles. The average Bonchev–Trinajstić information content (AvgIpc) is 2.87. The summed E-state index contributed by atoms with van der Waals surface area (Å²) in [4.78, 5) is 27.6. The first-order chi connectivity index (χ1) is 9.99. The van der Waals surface area contributed by atoms with E-state index in [2.05, 4.69) is 4.98 Å². The molecule has 0 radical (unpaired) electrons. The van der Waals surface area contributed by atoms with Gasteiger partial charge >= 0.3 is 5.97 Å². The number of thiophene rings is 1. The molecular weight excluding hydrogens is 292 g/mol. The van der Waals surface area contributed by atoms with E-state index in [4.69, 9.17) is 9.84 Å². The zero-order valence-corrected chi connectivity index (χ0v) is 12.4. The Hall–Kier alpha value is -2.41. The van der Waals surface area contributed by atoms with Crippen LogP contribution in [-0.2, 0) is 11.3 Å². The molecule has 0 unspecified atom stereocenters. The summed E-state index contributed by atoms with van der Waals surface area (Å²) in [5.41, 5.74) is 1.20. The topological polar surface area (TPSA) is 81.4 Å². The first-order valence-corrected chi connectivity index (χ1v) is 6.98. The van der Waals surface area contributed by atoms with Gasteiger partial charge in [0.2, 0.25) is 0 Å². The molecule has 0 aliphatic heterocycles. The molecule has 2 aromatic rings. The number of aryl methyl sites for hydroxylation is 1. The van der Waals surface area contributed by atoms with Gasteiger partial charge in [-0.1, -0.05) is 0 Å². The first kappa shape index (κ1) is 15.0. The Kier molecular flexibility index (Phi) is 4.54. The standard InChI is InChI=1S/C14H14N2O4S/c1-9-5-12(17)16(14(15-9)20-2)7-11-6-10(8-21-11)3-4-13(18)19/h3-6,8H,7H2,1-2H3,(H,18,19). The Balaban J connectivity index is 2.27. The van der Waals surface area contributed by atoms with Gasteiger partial charge in [-0.25, -0.2) is 9.78 Å². The van der Waals surface area contributed by atoms with Crippen molar-refractivity contribution in [3.05, 3.63) is 50.1 Å². The minimum atomic E-state index is -0.997. The Morgan fingerprint density at radius 3 is 2.95 bits per heavy atom. The molecule has 110 valence electrons. The van der Waals surface area contributed by atoms with Crippen LogP contribution in [0.1, 0.15) is 16.1 Å². The molecule has 1 N–H and O–H groups in total. The Bertz CT molecular complexity index is 746. The van der Waals surface area contributed by atoms with Crippen molar-refractivity contribution < 1.29 is 14.6 Å². The van der Waals surface area contributed by atoms with Crippen LogP contribution in [-0.4, -0.2) is 27.7 Å². The molecule has 0 amide bonds. The normalized spacial score (nSPS) is 11.0. The van der Waals surface area contributed by atoms with Crippen molar-refractivity contribution in [2.24, 2.45) is 0 Å². The number of nitrogens with zero attached hydrogens (tertiary/aromatic N) is 2. The Morgan fingerprint density at radius 1 is 1.52 bits per heavy atom. The highest BCUT2D eigenvalue weighted by molar-refractivity contribution is 7.10. The summed E-state index contributed by atoms with van der Waals surface area (Å²) in [7, 11) is 1.47.